The fourth-order valence-electron chi connectivity index (χ4n) is 2.62. The van der Waals surface area contributed by atoms with Crippen LogP contribution in [0.25, 0.3) is 11.3 Å². The second-order valence-electron chi connectivity index (χ2n) is 6.31. The Bertz CT molecular complexity index is 1110. The summed E-state index contributed by atoms with van der Waals surface area (Å²) < 4.78 is 19.1. The maximum Gasteiger partial charge on any atom is 0.227 e. The van der Waals surface area contributed by atoms with Crippen LogP contribution in [0.2, 0.25) is 0 Å². The van der Waals surface area contributed by atoms with E-state index in [1.54, 1.807) is 23.1 Å². The molecule has 0 aliphatic rings. The van der Waals surface area contributed by atoms with Gasteiger partial charge in [-0.3, -0.25) is 4.79 Å². The normalized spacial score (nSPS) is 10.8. The van der Waals surface area contributed by atoms with E-state index in [4.69, 9.17) is 4.52 Å². The molecule has 152 valence electrons. The number of carbonyl (C=O) groups is 1. The Labute approximate surface area is 180 Å². The molecule has 1 amide bonds. The average molecular weight is 441 g/mol. The van der Waals surface area contributed by atoms with Crippen LogP contribution in [0, 0.1) is 5.82 Å². The molecule has 0 unspecified atom stereocenters. The molecule has 2 aromatic heterocycles. The SMILES string of the molecule is O=C(CCc1nc(CSc2nc(-c3ccccc3)cs2)no1)Nc1ccc(F)cc1. The van der Waals surface area contributed by atoms with E-state index in [-0.39, 0.29) is 18.1 Å². The number of nitrogens with zero attached hydrogens (tertiary/aromatic N) is 3. The van der Waals surface area contributed by atoms with E-state index in [0.29, 0.717) is 29.6 Å². The highest BCUT2D eigenvalue weighted by Crippen LogP contribution is 2.29. The summed E-state index contributed by atoms with van der Waals surface area (Å²) in [6.45, 7) is 0. The molecule has 2 heterocycles. The lowest BCUT2D eigenvalue weighted by atomic mass is 10.2. The molecule has 0 atom stereocenters. The number of anilines is 1. The monoisotopic (exact) mass is 440 g/mol. The third-order valence-electron chi connectivity index (χ3n) is 4.08. The standard InChI is InChI=1S/C21H17FN4O2S2/c22-15-6-8-16(9-7-15)23-19(27)10-11-20-25-18(26-28-20)13-30-21-24-17(12-29-21)14-4-2-1-3-5-14/h1-9,12H,10-11,13H2,(H,23,27). The maximum atomic E-state index is 12.9. The number of aromatic nitrogens is 3. The number of nitrogens with one attached hydrogen (secondary N) is 1. The Morgan fingerprint density at radius 2 is 1.90 bits per heavy atom. The summed E-state index contributed by atoms with van der Waals surface area (Å²) in [5.74, 6) is 0.951. The van der Waals surface area contributed by atoms with Gasteiger partial charge in [0, 0.05) is 29.5 Å². The van der Waals surface area contributed by atoms with Gasteiger partial charge in [0.05, 0.1) is 11.4 Å². The van der Waals surface area contributed by atoms with E-state index in [1.165, 1.54) is 24.3 Å². The van der Waals surface area contributed by atoms with Gasteiger partial charge in [-0.05, 0) is 24.3 Å². The first kappa shape index (κ1) is 20.2. The zero-order valence-electron chi connectivity index (χ0n) is 15.7. The van der Waals surface area contributed by atoms with Crippen molar-refractivity contribution in [2.75, 3.05) is 5.32 Å². The van der Waals surface area contributed by atoms with Crippen LogP contribution in [0.4, 0.5) is 10.1 Å². The van der Waals surface area contributed by atoms with Gasteiger partial charge in [-0.1, -0.05) is 47.3 Å². The zero-order chi connectivity index (χ0) is 20.8. The summed E-state index contributed by atoms with van der Waals surface area (Å²) in [5, 5.41) is 8.69. The molecule has 0 bridgehead atoms. The highest BCUT2D eigenvalue weighted by Gasteiger charge is 2.11. The Morgan fingerprint density at radius 1 is 1.10 bits per heavy atom. The Hall–Kier alpha value is -3.04. The Kier molecular flexibility index (Phi) is 6.50. The number of halogens is 1. The number of hydrogen-bond acceptors (Lipinski definition) is 7. The second kappa shape index (κ2) is 9.64. The fraction of sp³-hybridized carbons (Fsp3) is 0.143. The van der Waals surface area contributed by atoms with Gasteiger partial charge in [-0.15, -0.1) is 11.3 Å². The third kappa shape index (κ3) is 5.52. The number of hydrogen-bond donors (Lipinski definition) is 1. The molecule has 0 spiro atoms. The molecule has 4 aromatic rings. The molecular weight excluding hydrogens is 423 g/mol. The van der Waals surface area contributed by atoms with E-state index in [0.717, 1.165) is 15.6 Å². The number of aryl methyl sites for hydroxylation is 1. The van der Waals surface area contributed by atoms with Crippen molar-refractivity contribution in [2.24, 2.45) is 0 Å². The molecule has 4 rings (SSSR count). The number of carbonyl (C=O) groups excluding carboxylic acids is 1. The van der Waals surface area contributed by atoms with Gasteiger partial charge in [0.1, 0.15) is 5.82 Å². The van der Waals surface area contributed by atoms with Crippen molar-refractivity contribution in [3.8, 4) is 11.3 Å². The van der Waals surface area contributed by atoms with E-state index in [9.17, 15) is 9.18 Å². The van der Waals surface area contributed by atoms with Crippen molar-refractivity contribution in [1.29, 1.82) is 0 Å². The van der Waals surface area contributed by atoms with Gasteiger partial charge >= 0.3 is 0 Å². The molecule has 0 saturated heterocycles. The highest BCUT2D eigenvalue weighted by molar-refractivity contribution is 8.00. The molecule has 6 nitrogen and oxygen atoms in total. The summed E-state index contributed by atoms with van der Waals surface area (Å²) >= 11 is 3.12. The highest BCUT2D eigenvalue weighted by atomic mass is 32.2. The van der Waals surface area contributed by atoms with Gasteiger partial charge in [0.2, 0.25) is 11.8 Å². The fourth-order valence-corrected chi connectivity index (χ4v) is 4.30. The molecule has 30 heavy (non-hydrogen) atoms. The number of thioether (sulfide) groups is 1. The van der Waals surface area contributed by atoms with E-state index < -0.39 is 0 Å². The molecule has 0 aliphatic heterocycles. The van der Waals surface area contributed by atoms with Crippen molar-refractivity contribution in [3.63, 3.8) is 0 Å². The van der Waals surface area contributed by atoms with E-state index in [2.05, 4.69) is 20.4 Å². The quantitative estimate of drug-likeness (QED) is 0.380. The topological polar surface area (TPSA) is 80.9 Å². The van der Waals surface area contributed by atoms with Gasteiger partial charge in [0.25, 0.3) is 0 Å². The molecule has 9 heteroatoms. The van der Waals surface area contributed by atoms with Crippen LogP contribution >= 0.6 is 23.1 Å². The van der Waals surface area contributed by atoms with Crippen LogP contribution in [0.1, 0.15) is 18.1 Å². The lowest BCUT2D eigenvalue weighted by molar-refractivity contribution is -0.116. The predicted molar refractivity (Wildman–Crippen MR) is 115 cm³/mol. The van der Waals surface area contributed by atoms with E-state index in [1.807, 2.05) is 35.7 Å². The lowest BCUT2D eigenvalue weighted by Gasteiger charge is -2.03. The number of thiazole rings is 1. The largest absolute Gasteiger partial charge is 0.339 e. The van der Waals surface area contributed by atoms with E-state index >= 15 is 0 Å². The van der Waals surface area contributed by atoms with Crippen LogP contribution in [0.3, 0.4) is 0 Å². The number of benzene rings is 2. The molecule has 0 saturated carbocycles. The lowest BCUT2D eigenvalue weighted by Crippen LogP contribution is -2.12. The van der Waals surface area contributed by atoms with Gasteiger partial charge in [-0.25, -0.2) is 9.37 Å². The molecule has 0 radical (unpaired) electrons. The first-order chi connectivity index (χ1) is 14.7. The molecule has 0 aliphatic carbocycles. The molecular formula is C21H17FN4O2S2. The Balaban J connectivity index is 1.25. The van der Waals surface area contributed by atoms with Crippen LogP contribution in [-0.4, -0.2) is 21.0 Å². The Morgan fingerprint density at radius 3 is 2.70 bits per heavy atom. The van der Waals surface area contributed by atoms with Gasteiger partial charge in [-0.2, -0.15) is 4.98 Å². The number of rotatable bonds is 8. The summed E-state index contributed by atoms with van der Waals surface area (Å²) in [7, 11) is 0. The van der Waals surface area contributed by atoms with Crippen molar-refractivity contribution < 1.29 is 13.7 Å². The summed E-state index contributed by atoms with van der Waals surface area (Å²) in [6, 6.07) is 15.6. The van der Waals surface area contributed by atoms with Crippen molar-refractivity contribution in [1.82, 2.24) is 15.1 Å². The average Bonchev–Trinajstić information content (AvgIpc) is 3.43. The maximum absolute atomic E-state index is 12.9. The third-order valence-corrected chi connectivity index (χ3v) is 6.10. The van der Waals surface area contributed by atoms with Crippen molar-refractivity contribution in [3.05, 3.63) is 77.5 Å². The minimum Gasteiger partial charge on any atom is -0.339 e. The van der Waals surface area contributed by atoms with Crippen molar-refractivity contribution in [2.45, 2.75) is 22.9 Å². The summed E-state index contributed by atoms with van der Waals surface area (Å²) in [6.07, 6.45) is 0.527. The number of amides is 1. The first-order valence-electron chi connectivity index (χ1n) is 9.16. The minimum atomic E-state index is -0.349. The zero-order valence-corrected chi connectivity index (χ0v) is 17.4. The molecule has 0 fully saturated rings. The van der Waals surface area contributed by atoms with Gasteiger partial charge in [0.15, 0.2) is 10.2 Å². The predicted octanol–water partition coefficient (Wildman–Crippen LogP) is 5.20. The van der Waals surface area contributed by atoms with Crippen LogP contribution in [0.15, 0.2) is 68.8 Å². The molecule has 2 aromatic carbocycles. The summed E-state index contributed by atoms with van der Waals surface area (Å²) in [5.41, 5.74) is 2.58. The summed E-state index contributed by atoms with van der Waals surface area (Å²) in [4.78, 5) is 21.0. The minimum absolute atomic E-state index is 0.194. The van der Waals surface area contributed by atoms with Crippen LogP contribution < -0.4 is 5.32 Å². The molecule has 1 N–H and O–H groups in total. The second-order valence-corrected chi connectivity index (χ2v) is 8.39. The van der Waals surface area contributed by atoms with Crippen LogP contribution in [0.5, 0.6) is 0 Å². The smallest absolute Gasteiger partial charge is 0.227 e. The first-order valence-corrected chi connectivity index (χ1v) is 11.0. The van der Waals surface area contributed by atoms with Gasteiger partial charge < -0.3 is 9.84 Å². The van der Waals surface area contributed by atoms with Crippen molar-refractivity contribution >= 4 is 34.7 Å². The van der Waals surface area contributed by atoms with Crippen LogP contribution in [-0.2, 0) is 17.0 Å².